The highest BCUT2D eigenvalue weighted by molar-refractivity contribution is 7.98. The summed E-state index contributed by atoms with van der Waals surface area (Å²) in [5, 5.41) is 0. The number of hydrogen-bond acceptors (Lipinski definition) is 7. The molecule has 0 heterocycles. The fourth-order valence-corrected chi connectivity index (χ4v) is 22.3. The Morgan fingerprint density at radius 2 is 0.417 bits per heavy atom. The summed E-state index contributed by atoms with van der Waals surface area (Å²) in [5.41, 5.74) is 9.94. The lowest BCUT2D eigenvalue weighted by Crippen LogP contribution is -2.14. The van der Waals surface area contributed by atoms with E-state index in [0.29, 0.717) is 39.5 Å². The van der Waals surface area contributed by atoms with Crippen LogP contribution in [0, 0.1) is 55.4 Å². The number of rotatable bonds is 21. The van der Waals surface area contributed by atoms with Gasteiger partial charge in [-0.15, -0.1) is 0 Å². The minimum absolute atomic E-state index is 0.0423. The van der Waals surface area contributed by atoms with E-state index in [0.717, 1.165) is 64.8 Å². The molecule has 0 N–H and O–H groups in total. The third-order valence-electron chi connectivity index (χ3n) is 18.4. The van der Waals surface area contributed by atoms with E-state index in [-0.39, 0.29) is 55.8 Å². The number of ether oxygens (including phenoxy) is 3. The van der Waals surface area contributed by atoms with E-state index in [2.05, 4.69) is 257 Å². The van der Waals surface area contributed by atoms with Crippen molar-refractivity contribution in [1.29, 1.82) is 0 Å². The van der Waals surface area contributed by atoms with Crippen molar-refractivity contribution in [3.05, 3.63) is 412 Å². The van der Waals surface area contributed by atoms with Gasteiger partial charge in [-0.2, -0.15) is 0 Å². The molecule has 0 spiro atoms. The van der Waals surface area contributed by atoms with Crippen LogP contribution in [0.3, 0.4) is 0 Å². The van der Waals surface area contributed by atoms with Crippen molar-refractivity contribution in [2.75, 3.05) is 0 Å². The Morgan fingerprint density at radius 1 is 0.213 bits per heavy atom. The Bertz CT molecular complexity index is 4910. The first-order valence-electron chi connectivity index (χ1n) is 35.7. The van der Waals surface area contributed by atoms with Gasteiger partial charge in [-0.05, 0) is 251 Å². The van der Waals surface area contributed by atoms with Gasteiger partial charge in [-0.1, -0.05) is 158 Å². The van der Waals surface area contributed by atoms with Gasteiger partial charge < -0.3 is 14.2 Å². The van der Waals surface area contributed by atoms with Crippen molar-refractivity contribution >= 4 is 67.3 Å². The average Bonchev–Trinajstić information content (AvgIpc) is 0.805. The molecule has 0 aromatic heterocycles. The third-order valence-corrected chi connectivity index (χ3v) is 27.2. The largest absolute Gasteiger partial charge is 0.422 e. The summed E-state index contributed by atoms with van der Waals surface area (Å²) in [6.07, 6.45) is 0.241. The van der Waals surface area contributed by atoms with Gasteiger partial charge in [0.15, 0.2) is 64.5 Å². The van der Waals surface area contributed by atoms with E-state index in [1.54, 1.807) is 48.5 Å². The van der Waals surface area contributed by atoms with Crippen molar-refractivity contribution in [3.63, 3.8) is 0 Å². The molecule has 14 aromatic carbocycles. The molecule has 0 aliphatic carbocycles. The first-order chi connectivity index (χ1) is 52.5. The molecular weight excluding hydrogens is 1410 g/mol. The number of aryl methyl sites for hydroxylation is 8. The number of ketones is 1. The maximum atomic E-state index is 13.8. The van der Waals surface area contributed by atoms with Crippen LogP contribution in [0.25, 0.3) is 0 Å². The predicted octanol–water partition coefficient (Wildman–Crippen LogP) is 23.3. The van der Waals surface area contributed by atoms with Crippen LogP contribution in [0.15, 0.2) is 398 Å². The number of carbonyl (C=O) groups is 4. The molecule has 0 bridgehead atoms. The summed E-state index contributed by atoms with van der Waals surface area (Å²) >= 11 is 0. The molecule has 0 amide bonds. The summed E-state index contributed by atoms with van der Waals surface area (Å²) in [7, 11) is -1.24. The van der Waals surface area contributed by atoms with E-state index >= 15 is 0 Å². The van der Waals surface area contributed by atoms with Crippen LogP contribution in [0.1, 0.15) is 91.5 Å². The Kier molecular flexibility index (Phi) is 24.1. The number of benzene rings is 14. The molecule has 14 aromatic rings. The molecule has 0 unspecified atom stereocenters. The summed E-state index contributed by atoms with van der Waals surface area (Å²) in [6, 6.07) is 114. The summed E-state index contributed by atoms with van der Waals surface area (Å²) in [6.45, 7) is 16.0. The van der Waals surface area contributed by atoms with Gasteiger partial charge in [-0.25, -0.2) is 14.4 Å². The molecule has 0 saturated heterocycles. The van der Waals surface area contributed by atoms with Gasteiger partial charge in [0.2, 0.25) is 0 Å². The molecule has 14 rings (SSSR count). The van der Waals surface area contributed by atoms with Gasteiger partial charge in [0.1, 0.15) is 17.2 Å². The van der Waals surface area contributed by atoms with Crippen molar-refractivity contribution < 1.29 is 33.4 Å². The van der Waals surface area contributed by atoms with Crippen LogP contribution in [-0.2, 0) is 50.0 Å². The summed E-state index contributed by atoms with van der Waals surface area (Å²) in [4.78, 5) is 68.7. The first-order valence-corrected chi connectivity index (χ1v) is 40.6. The molecular formula is C97H82O7S4+4. The molecule has 0 saturated carbocycles. The fourth-order valence-electron chi connectivity index (χ4n) is 13.3. The molecule has 0 radical (unpaired) electrons. The second kappa shape index (κ2) is 34.9. The SMILES string of the molecule is Cc1cc([S+](c2ccccc2)c2ccccc2)cc(C)c1CC(=O)c1cccc(C(=O)Oc2c(C)cc([S+](c3ccccc3)c3ccccc3)cc2C)c1.Cc1cc([S+](c2ccccc2)c2ccccc2)cc(C)c1OC(=O)c1ccc(C(=O)Oc2c(C)cc([S+](c3ccccc3)c3ccccc3)cc2C)cc1. The van der Waals surface area contributed by atoms with E-state index in [4.69, 9.17) is 14.2 Å². The lowest BCUT2D eigenvalue weighted by molar-refractivity contribution is 0.0718. The molecule has 0 atom stereocenters. The molecule has 0 fully saturated rings. The van der Waals surface area contributed by atoms with Crippen molar-refractivity contribution in [2.45, 2.75) is 121 Å². The maximum Gasteiger partial charge on any atom is 0.343 e. The third kappa shape index (κ3) is 17.6. The highest BCUT2D eigenvalue weighted by Crippen LogP contribution is 2.41. The summed E-state index contributed by atoms with van der Waals surface area (Å²) < 4.78 is 18.0. The number of esters is 3. The number of carbonyl (C=O) groups excluding carboxylic acids is 4. The standard InChI is InChI=1S/C49H42O3S2.C48H40O4S2/c1-34-28-44(53(40-20-9-5-10-21-40)41-22-11-6-12-23-41)29-35(2)46(34)33-47(50)38-18-17-19-39(32-38)49(51)52-48-36(3)30-45(31-37(48)4)54(42-24-13-7-14-25-42)43-26-15-8-16-27-43;1-33-29-43(53(39-17-9-5-10-18-39)40-19-11-6-12-20-40)30-34(2)45(33)51-47(49)37-25-27-38(28-26-37)48(50)52-46-35(3)31-44(32-36(46)4)54(41-21-13-7-14-22-41)42-23-15-8-16-24-42/h5-32H,33H2,1-4H3;5-32H,1-4H3/q2*+2. The Morgan fingerprint density at radius 3 is 0.648 bits per heavy atom. The van der Waals surface area contributed by atoms with Crippen LogP contribution >= 0.6 is 0 Å². The van der Waals surface area contributed by atoms with Gasteiger partial charge in [0, 0.05) is 48.4 Å². The van der Waals surface area contributed by atoms with Crippen molar-refractivity contribution in [2.24, 2.45) is 0 Å². The average molecular weight is 1490 g/mol. The molecule has 0 aliphatic heterocycles. The molecule has 11 heteroatoms. The molecule has 7 nitrogen and oxygen atoms in total. The van der Waals surface area contributed by atoms with E-state index in [1.807, 2.05) is 90.1 Å². The lowest BCUT2D eigenvalue weighted by Gasteiger charge is -2.15. The van der Waals surface area contributed by atoms with E-state index in [1.165, 1.54) is 44.1 Å². The Balaban J connectivity index is 0.000000190. The highest BCUT2D eigenvalue weighted by atomic mass is 32.2. The predicted molar refractivity (Wildman–Crippen MR) is 440 cm³/mol. The second-order valence-electron chi connectivity index (χ2n) is 26.4. The maximum absolute atomic E-state index is 13.8. The van der Waals surface area contributed by atoms with Crippen LogP contribution in [-0.4, -0.2) is 23.7 Å². The van der Waals surface area contributed by atoms with Gasteiger partial charge in [0.25, 0.3) is 0 Å². The highest BCUT2D eigenvalue weighted by Gasteiger charge is 2.35. The van der Waals surface area contributed by atoms with Crippen molar-refractivity contribution in [3.8, 4) is 17.2 Å². The zero-order chi connectivity index (χ0) is 75.2. The first kappa shape index (κ1) is 74.8. The van der Waals surface area contributed by atoms with E-state index in [9.17, 15) is 19.2 Å². The topological polar surface area (TPSA) is 96.0 Å². The van der Waals surface area contributed by atoms with E-state index < -0.39 is 17.9 Å². The lowest BCUT2D eigenvalue weighted by atomic mass is 9.95. The fraction of sp³-hybridized carbons (Fsp3) is 0.0928. The number of Topliss-reactive ketones (excluding diaryl/α,β-unsaturated/α-hetero) is 1. The monoisotopic (exact) mass is 1490 g/mol. The number of hydrogen-bond donors (Lipinski definition) is 0. The summed E-state index contributed by atoms with van der Waals surface area (Å²) in [5.74, 6) is 0.101. The van der Waals surface area contributed by atoms with Gasteiger partial charge in [0.05, 0.1) is 60.3 Å². The van der Waals surface area contributed by atoms with Gasteiger partial charge in [-0.3, -0.25) is 4.79 Å². The van der Waals surface area contributed by atoms with Crippen LogP contribution < -0.4 is 14.2 Å². The quantitative estimate of drug-likeness (QED) is 0.0306. The smallest absolute Gasteiger partial charge is 0.343 e. The zero-order valence-corrected chi connectivity index (χ0v) is 64.8. The van der Waals surface area contributed by atoms with Crippen LogP contribution in [0.4, 0.5) is 0 Å². The minimum Gasteiger partial charge on any atom is -0.422 e. The Labute approximate surface area is 645 Å². The van der Waals surface area contributed by atoms with Gasteiger partial charge >= 0.3 is 17.9 Å². The van der Waals surface area contributed by atoms with Crippen LogP contribution in [0.5, 0.6) is 17.2 Å². The minimum atomic E-state index is -0.492. The second-order valence-corrected chi connectivity index (χ2v) is 34.5. The normalized spacial score (nSPS) is 11.1. The molecule has 108 heavy (non-hydrogen) atoms. The van der Waals surface area contributed by atoms with Crippen LogP contribution in [0.2, 0.25) is 0 Å². The zero-order valence-electron chi connectivity index (χ0n) is 61.5. The van der Waals surface area contributed by atoms with Crippen molar-refractivity contribution in [1.82, 2.24) is 0 Å². The Hall–Kier alpha value is -11.4. The molecule has 532 valence electrons. The molecule has 0 aliphatic rings.